The van der Waals surface area contributed by atoms with Crippen molar-refractivity contribution in [3.8, 4) is 44.5 Å². The predicted molar refractivity (Wildman–Crippen MR) is 209 cm³/mol. The van der Waals surface area contributed by atoms with Crippen LogP contribution < -0.4 is 9.97 Å². The van der Waals surface area contributed by atoms with E-state index < -0.39 is 0 Å². The molecule has 6 nitrogen and oxygen atoms in total. The summed E-state index contributed by atoms with van der Waals surface area (Å²) in [7, 11) is 0. The SMILES string of the molecule is O=CC1=Cc2nc1c(-c1ccccc1)c1[n-]c(cc1C=O)c(-c1ccccc1)c1nc(c(-c3ccccc3)c3ccc([n-]3)c2-c2ccccc2)C=C1.[Ni+2]. The molecule has 0 radical (unpaired) electrons. The van der Waals surface area contributed by atoms with Gasteiger partial charge in [0, 0.05) is 5.57 Å². The predicted octanol–water partition coefficient (Wildman–Crippen LogP) is 9.96. The van der Waals surface area contributed by atoms with Gasteiger partial charge in [0.15, 0.2) is 6.29 Å². The third-order valence-corrected chi connectivity index (χ3v) is 9.39. The molecule has 0 spiro atoms. The van der Waals surface area contributed by atoms with Crippen LogP contribution in [0, 0.1) is 0 Å². The molecule has 0 N–H and O–H groups in total. The van der Waals surface area contributed by atoms with Gasteiger partial charge in [0.25, 0.3) is 0 Å². The van der Waals surface area contributed by atoms with Crippen molar-refractivity contribution in [3.63, 3.8) is 0 Å². The second kappa shape index (κ2) is 14.1. The number of benzene rings is 4. The van der Waals surface area contributed by atoms with Crippen molar-refractivity contribution in [3.05, 3.63) is 168 Å². The van der Waals surface area contributed by atoms with Gasteiger partial charge in [-0.25, -0.2) is 9.97 Å². The minimum atomic E-state index is 0. The smallest absolute Gasteiger partial charge is 0.657 e. The first-order chi connectivity index (χ1) is 25.7. The van der Waals surface area contributed by atoms with Crippen LogP contribution in [0.1, 0.15) is 33.1 Å². The first kappa shape index (κ1) is 33.5. The van der Waals surface area contributed by atoms with Crippen LogP contribution in [0.15, 0.2) is 140 Å². The molecule has 0 saturated carbocycles. The second-order valence-electron chi connectivity index (χ2n) is 12.5. The van der Waals surface area contributed by atoms with E-state index in [-0.39, 0.29) is 16.5 Å². The van der Waals surface area contributed by atoms with Gasteiger partial charge in [-0.2, -0.15) is 0 Å². The van der Waals surface area contributed by atoms with Gasteiger partial charge < -0.3 is 9.97 Å². The summed E-state index contributed by atoms with van der Waals surface area (Å²) in [5, 5.41) is 0. The van der Waals surface area contributed by atoms with Crippen LogP contribution in [0.2, 0.25) is 0 Å². The van der Waals surface area contributed by atoms with E-state index in [9.17, 15) is 9.59 Å². The summed E-state index contributed by atoms with van der Waals surface area (Å²) in [6, 6.07) is 45.5. The van der Waals surface area contributed by atoms with Gasteiger partial charge in [-0.1, -0.05) is 140 Å². The molecule has 0 aliphatic carbocycles. The average molecular weight is 727 g/mol. The standard InChI is InChI=1S/C46H29N4O2.Ni/c51-27-33-25-39-42(30-15-7-2-8-16-30)37-23-21-35(47-37)41(29-13-5-1-6-14-29)36-22-24-38(48-36)43(31-17-9-3-10-18-31)40-26-34(28-52)46(50-40)44(45(33)49-39)32-19-11-4-12-20-32;/h1-28H,(H-,47,48,49,50,51,52);/q-1;+2/p-1. The van der Waals surface area contributed by atoms with E-state index in [1.54, 1.807) is 12.1 Å². The molecule has 3 aromatic heterocycles. The van der Waals surface area contributed by atoms with Gasteiger partial charge >= 0.3 is 16.5 Å². The van der Waals surface area contributed by atoms with Crippen molar-refractivity contribution in [1.29, 1.82) is 0 Å². The molecule has 53 heavy (non-hydrogen) atoms. The molecule has 5 heterocycles. The van der Waals surface area contributed by atoms with Crippen molar-refractivity contribution in [2.45, 2.75) is 0 Å². The van der Waals surface area contributed by atoms with Gasteiger partial charge in [-0.3, -0.25) is 9.59 Å². The van der Waals surface area contributed by atoms with E-state index in [0.29, 0.717) is 50.3 Å². The summed E-state index contributed by atoms with van der Waals surface area (Å²) < 4.78 is 0. The average Bonchev–Trinajstić information content (AvgIpc) is 4.03. The number of hydrogen-bond donors (Lipinski definition) is 0. The van der Waals surface area contributed by atoms with Crippen molar-refractivity contribution >= 4 is 58.4 Å². The summed E-state index contributed by atoms with van der Waals surface area (Å²) in [5.74, 6) is 0. The van der Waals surface area contributed by atoms with E-state index in [1.807, 2.05) is 133 Å². The molecule has 8 bridgehead atoms. The first-order valence-electron chi connectivity index (χ1n) is 17.0. The third kappa shape index (κ3) is 5.97. The number of fused-ring (bicyclic) bond motifs is 8. The maximum absolute atomic E-state index is 12.9. The normalized spacial score (nSPS) is 11.8. The van der Waals surface area contributed by atoms with Crippen LogP contribution in [-0.4, -0.2) is 22.5 Å². The van der Waals surface area contributed by atoms with Crippen molar-refractivity contribution in [1.82, 2.24) is 19.9 Å². The third-order valence-electron chi connectivity index (χ3n) is 9.39. The van der Waals surface area contributed by atoms with Crippen LogP contribution >= 0.6 is 0 Å². The molecule has 7 heteroatoms. The van der Waals surface area contributed by atoms with E-state index >= 15 is 0 Å². The van der Waals surface area contributed by atoms with Crippen LogP contribution in [0.3, 0.4) is 0 Å². The van der Waals surface area contributed by atoms with Gasteiger partial charge in [0.2, 0.25) is 0 Å². The topological polar surface area (TPSA) is 88.1 Å². The van der Waals surface area contributed by atoms with Crippen molar-refractivity contribution in [2.24, 2.45) is 0 Å². The molecule has 254 valence electrons. The Labute approximate surface area is 315 Å². The number of hydrogen-bond acceptors (Lipinski definition) is 4. The van der Waals surface area contributed by atoms with E-state index in [0.717, 1.165) is 62.7 Å². The Hall–Kier alpha value is -6.69. The Kier molecular flexibility index (Phi) is 8.93. The van der Waals surface area contributed by atoms with E-state index in [2.05, 4.69) is 12.1 Å². The number of nitrogens with zero attached hydrogens (tertiary/aromatic N) is 4. The Morgan fingerprint density at radius 1 is 0.453 bits per heavy atom. The zero-order chi connectivity index (χ0) is 35.0. The number of carbonyl (C=O) groups excluding carboxylic acids is 2. The zero-order valence-corrected chi connectivity index (χ0v) is 29.1. The molecular weight excluding hydrogens is 699 g/mol. The minimum Gasteiger partial charge on any atom is -0.657 e. The molecule has 2 aliphatic heterocycles. The number of allylic oxidation sites excluding steroid dienone is 1. The zero-order valence-electron chi connectivity index (χ0n) is 28.1. The van der Waals surface area contributed by atoms with Crippen LogP contribution in [0.5, 0.6) is 0 Å². The molecule has 0 saturated heterocycles. The summed E-state index contributed by atoms with van der Waals surface area (Å²) >= 11 is 0. The fraction of sp³-hybridized carbons (Fsp3) is 0. The Morgan fingerprint density at radius 2 is 0.906 bits per heavy atom. The maximum atomic E-state index is 12.9. The molecule has 2 aliphatic rings. The second-order valence-corrected chi connectivity index (χ2v) is 12.5. The maximum Gasteiger partial charge on any atom is 2.00 e. The van der Waals surface area contributed by atoms with E-state index in [4.69, 9.17) is 19.9 Å². The first-order valence-corrected chi connectivity index (χ1v) is 17.0. The van der Waals surface area contributed by atoms with Gasteiger partial charge in [-0.05, 0) is 68.3 Å². The van der Waals surface area contributed by atoms with Crippen LogP contribution in [0.25, 0.3) is 90.4 Å². The fourth-order valence-corrected chi connectivity index (χ4v) is 7.07. The number of carbonyl (C=O) groups is 2. The summed E-state index contributed by atoms with van der Waals surface area (Å²) in [6.07, 6.45) is 7.45. The van der Waals surface area contributed by atoms with Crippen LogP contribution in [0.4, 0.5) is 0 Å². The molecule has 4 aromatic carbocycles. The van der Waals surface area contributed by atoms with Crippen molar-refractivity contribution in [2.75, 3.05) is 0 Å². The van der Waals surface area contributed by atoms with Crippen LogP contribution in [-0.2, 0) is 21.3 Å². The molecular formula is C46H28N4NiO2. The molecule has 0 atom stereocenters. The Morgan fingerprint density at radius 3 is 1.38 bits per heavy atom. The summed E-state index contributed by atoms with van der Waals surface area (Å²) in [5.41, 5.74) is 12.3. The Bertz CT molecular complexity index is 2750. The largest absolute Gasteiger partial charge is 2.00 e. The number of rotatable bonds is 6. The summed E-state index contributed by atoms with van der Waals surface area (Å²) in [4.78, 5) is 46.8. The fourth-order valence-electron chi connectivity index (χ4n) is 7.07. The molecule has 0 unspecified atom stereocenters. The molecule has 0 amide bonds. The quantitative estimate of drug-likeness (QED) is 0.125. The number of aldehydes is 2. The number of aromatic nitrogens is 4. The molecule has 9 rings (SSSR count). The Balaban J connectivity index is 0.00000400. The molecule has 7 aromatic rings. The van der Waals surface area contributed by atoms with Crippen molar-refractivity contribution < 1.29 is 26.1 Å². The summed E-state index contributed by atoms with van der Waals surface area (Å²) in [6.45, 7) is 0. The van der Waals surface area contributed by atoms with Gasteiger partial charge in [0.05, 0.1) is 22.8 Å². The minimum absolute atomic E-state index is 0. The van der Waals surface area contributed by atoms with E-state index in [1.165, 1.54) is 0 Å². The van der Waals surface area contributed by atoms with Gasteiger partial charge in [0.1, 0.15) is 6.29 Å². The molecule has 0 fully saturated rings. The monoisotopic (exact) mass is 726 g/mol. The van der Waals surface area contributed by atoms with Gasteiger partial charge in [-0.15, -0.1) is 22.1 Å².